The van der Waals surface area contributed by atoms with Crippen molar-refractivity contribution in [2.24, 2.45) is 0 Å². The van der Waals surface area contributed by atoms with Gasteiger partial charge in [-0.25, -0.2) is 0 Å². The lowest BCUT2D eigenvalue weighted by atomic mass is 10.0. The van der Waals surface area contributed by atoms with Gasteiger partial charge in [-0.15, -0.1) is 0 Å². The Morgan fingerprint density at radius 1 is 1.15 bits per heavy atom. The number of benzene rings is 2. The van der Waals surface area contributed by atoms with Crippen LogP contribution in [0.2, 0.25) is 5.02 Å². The third-order valence-corrected chi connectivity index (χ3v) is 4.44. The molecular formula is C20H22BrClN2O3. The van der Waals surface area contributed by atoms with Gasteiger partial charge in [-0.3, -0.25) is 9.59 Å². The molecule has 27 heavy (non-hydrogen) atoms. The topological polar surface area (TPSA) is 67.4 Å². The molecule has 0 saturated carbocycles. The Bertz CT molecular complexity index is 809. The number of hydrogen-bond donors (Lipinski definition) is 2. The minimum Gasteiger partial charge on any atom is -0.489 e. The molecule has 0 radical (unpaired) electrons. The van der Waals surface area contributed by atoms with E-state index in [2.05, 4.69) is 26.6 Å². The molecule has 0 spiro atoms. The Morgan fingerprint density at radius 3 is 2.37 bits per heavy atom. The summed E-state index contributed by atoms with van der Waals surface area (Å²) in [5, 5.41) is 6.05. The van der Waals surface area contributed by atoms with E-state index < -0.39 is 6.04 Å². The summed E-state index contributed by atoms with van der Waals surface area (Å²) in [6.45, 7) is 5.25. The molecule has 0 aromatic heterocycles. The van der Waals surface area contributed by atoms with Crippen molar-refractivity contribution in [1.82, 2.24) is 5.32 Å². The minimum atomic E-state index is -0.422. The molecule has 1 atom stereocenters. The van der Waals surface area contributed by atoms with Crippen LogP contribution in [0.3, 0.4) is 0 Å². The minimum absolute atomic E-state index is 0.00673. The molecule has 0 aliphatic carbocycles. The maximum atomic E-state index is 12.5. The van der Waals surface area contributed by atoms with Gasteiger partial charge >= 0.3 is 0 Å². The molecule has 0 aliphatic rings. The van der Waals surface area contributed by atoms with Crippen LogP contribution in [0, 0.1) is 0 Å². The number of halogens is 2. The smallest absolute Gasteiger partial charge is 0.226 e. The molecule has 2 rings (SSSR count). The van der Waals surface area contributed by atoms with Gasteiger partial charge in [0, 0.05) is 17.1 Å². The second-order valence-electron chi connectivity index (χ2n) is 6.37. The standard InChI is InChI=1S/C20H22BrClN2O3/c1-12(2)27-19-9-8-16(10-17(19)22)24-20(26)11-18(23-13(3)25)14-4-6-15(21)7-5-14/h4-10,12,18H,11H2,1-3H3,(H,23,25)(H,24,26). The number of anilines is 1. The van der Waals surface area contributed by atoms with Gasteiger partial charge in [-0.1, -0.05) is 39.7 Å². The molecule has 2 aromatic rings. The van der Waals surface area contributed by atoms with Crippen LogP contribution in [-0.2, 0) is 9.59 Å². The number of ether oxygens (including phenoxy) is 1. The maximum Gasteiger partial charge on any atom is 0.226 e. The van der Waals surface area contributed by atoms with Crippen LogP contribution in [-0.4, -0.2) is 17.9 Å². The first-order valence-electron chi connectivity index (χ1n) is 8.53. The summed E-state index contributed by atoms with van der Waals surface area (Å²) < 4.78 is 6.51. The maximum absolute atomic E-state index is 12.5. The van der Waals surface area contributed by atoms with Gasteiger partial charge in [-0.2, -0.15) is 0 Å². The first-order chi connectivity index (χ1) is 12.7. The normalized spacial score (nSPS) is 11.8. The van der Waals surface area contributed by atoms with Crippen LogP contribution >= 0.6 is 27.5 Å². The molecule has 0 heterocycles. The third-order valence-electron chi connectivity index (χ3n) is 3.62. The number of nitrogens with one attached hydrogen (secondary N) is 2. The highest BCUT2D eigenvalue weighted by Crippen LogP contribution is 2.29. The Balaban J connectivity index is 2.08. The molecule has 2 aromatic carbocycles. The van der Waals surface area contributed by atoms with Gasteiger partial charge in [0.1, 0.15) is 5.75 Å². The lowest BCUT2D eigenvalue weighted by molar-refractivity contribution is -0.120. The molecule has 0 saturated heterocycles. The SMILES string of the molecule is CC(=O)NC(CC(=O)Nc1ccc(OC(C)C)c(Cl)c1)c1ccc(Br)cc1. The zero-order valence-corrected chi connectivity index (χ0v) is 17.7. The predicted octanol–water partition coefficient (Wildman–Crippen LogP) is 5.10. The molecule has 5 nitrogen and oxygen atoms in total. The summed E-state index contributed by atoms with van der Waals surface area (Å²) in [5.41, 5.74) is 1.42. The van der Waals surface area contributed by atoms with E-state index in [1.54, 1.807) is 18.2 Å². The van der Waals surface area contributed by atoms with E-state index in [-0.39, 0.29) is 24.3 Å². The summed E-state index contributed by atoms with van der Waals surface area (Å²) in [7, 11) is 0. The second-order valence-corrected chi connectivity index (χ2v) is 7.69. The molecule has 0 aliphatic heterocycles. The zero-order valence-electron chi connectivity index (χ0n) is 15.4. The average Bonchev–Trinajstić information content (AvgIpc) is 2.56. The largest absolute Gasteiger partial charge is 0.489 e. The molecule has 0 fully saturated rings. The highest BCUT2D eigenvalue weighted by atomic mass is 79.9. The van der Waals surface area contributed by atoms with Crippen molar-refractivity contribution in [2.45, 2.75) is 39.3 Å². The van der Waals surface area contributed by atoms with Gasteiger partial charge in [0.2, 0.25) is 11.8 Å². The van der Waals surface area contributed by atoms with Crippen LogP contribution < -0.4 is 15.4 Å². The van der Waals surface area contributed by atoms with E-state index in [1.165, 1.54) is 6.92 Å². The predicted molar refractivity (Wildman–Crippen MR) is 111 cm³/mol. The van der Waals surface area contributed by atoms with Crippen molar-refractivity contribution in [3.8, 4) is 5.75 Å². The third kappa shape index (κ3) is 6.88. The number of amides is 2. The van der Waals surface area contributed by atoms with Crippen LogP contribution in [0.5, 0.6) is 5.75 Å². The van der Waals surface area contributed by atoms with Crippen molar-refractivity contribution in [2.75, 3.05) is 5.32 Å². The van der Waals surface area contributed by atoms with Crippen molar-refractivity contribution in [1.29, 1.82) is 0 Å². The molecule has 144 valence electrons. The molecule has 0 bridgehead atoms. The van der Waals surface area contributed by atoms with Crippen LogP contribution in [0.4, 0.5) is 5.69 Å². The Kier molecular flexibility index (Phi) is 7.68. The van der Waals surface area contributed by atoms with E-state index in [1.807, 2.05) is 38.1 Å². The van der Waals surface area contributed by atoms with E-state index in [9.17, 15) is 9.59 Å². The van der Waals surface area contributed by atoms with E-state index in [0.717, 1.165) is 10.0 Å². The molecule has 2 N–H and O–H groups in total. The van der Waals surface area contributed by atoms with E-state index in [4.69, 9.17) is 16.3 Å². The fourth-order valence-electron chi connectivity index (χ4n) is 2.52. The molecule has 2 amide bonds. The average molecular weight is 454 g/mol. The lowest BCUT2D eigenvalue weighted by Crippen LogP contribution is -2.29. The van der Waals surface area contributed by atoms with Crippen LogP contribution in [0.25, 0.3) is 0 Å². The fraction of sp³-hybridized carbons (Fsp3) is 0.300. The number of hydrogen-bond acceptors (Lipinski definition) is 3. The number of carbonyl (C=O) groups is 2. The Hall–Kier alpha value is -2.05. The van der Waals surface area contributed by atoms with Gasteiger partial charge in [-0.05, 0) is 49.7 Å². The van der Waals surface area contributed by atoms with Crippen LogP contribution in [0.15, 0.2) is 46.9 Å². The van der Waals surface area contributed by atoms with Crippen molar-refractivity contribution >= 4 is 45.0 Å². The highest BCUT2D eigenvalue weighted by molar-refractivity contribution is 9.10. The van der Waals surface area contributed by atoms with Gasteiger partial charge < -0.3 is 15.4 Å². The molecule has 1 unspecified atom stereocenters. The lowest BCUT2D eigenvalue weighted by Gasteiger charge is -2.18. The quantitative estimate of drug-likeness (QED) is 0.613. The summed E-state index contributed by atoms with van der Waals surface area (Å²) in [6, 6.07) is 12.1. The Morgan fingerprint density at radius 2 is 1.81 bits per heavy atom. The van der Waals surface area contributed by atoms with Crippen molar-refractivity contribution in [3.05, 3.63) is 57.5 Å². The summed E-state index contributed by atoms with van der Waals surface area (Å²) >= 11 is 9.58. The van der Waals surface area contributed by atoms with Crippen LogP contribution in [0.1, 0.15) is 38.8 Å². The summed E-state index contributed by atoms with van der Waals surface area (Å²) in [5.74, 6) is 0.134. The highest BCUT2D eigenvalue weighted by Gasteiger charge is 2.17. The fourth-order valence-corrected chi connectivity index (χ4v) is 3.01. The second kappa shape index (κ2) is 9.76. The van der Waals surface area contributed by atoms with Gasteiger partial charge in [0.15, 0.2) is 0 Å². The first-order valence-corrected chi connectivity index (χ1v) is 9.70. The monoisotopic (exact) mass is 452 g/mol. The van der Waals surface area contributed by atoms with Crippen molar-refractivity contribution in [3.63, 3.8) is 0 Å². The van der Waals surface area contributed by atoms with Crippen molar-refractivity contribution < 1.29 is 14.3 Å². The summed E-state index contributed by atoms with van der Waals surface area (Å²) in [4.78, 5) is 24.0. The van der Waals surface area contributed by atoms with E-state index >= 15 is 0 Å². The number of rotatable bonds is 7. The Labute approximate surface area is 172 Å². The summed E-state index contributed by atoms with van der Waals surface area (Å²) in [6.07, 6.45) is 0.107. The molecule has 7 heteroatoms. The first kappa shape index (κ1) is 21.3. The molecular weight excluding hydrogens is 432 g/mol. The van der Waals surface area contributed by atoms with E-state index in [0.29, 0.717) is 16.5 Å². The van der Waals surface area contributed by atoms with Gasteiger partial charge in [0.25, 0.3) is 0 Å². The van der Waals surface area contributed by atoms with Gasteiger partial charge in [0.05, 0.1) is 23.6 Å². The number of carbonyl (C=O) groups excluding carboxylic acids is 2. The zero-order chi connectivity index (χ0) is 20.0.